The molecule has 4 rings (SSSR count). The second-order valence-electron chi connectivity index (χ2n) is 7.54. The van der Waals surface area contributed by atoms with E-state index in [2.05, 4.69) is 10.3 Å². The van der Waals surface area contributed by atoms with E-state index in [1.807, 2.05) is 42.6 Å². The number of fused-ring (bicyclic) bond motifs is 2. The van der Waals surface area contributed by atoms with Crippen molar-refractivity contribution in [1.82, 2.24) is 15.2 Å². The van der Waals surface area contributed by atoms with Crippen molar-refractivity contribution in [3.8, 4) is 0 Å². The first-order valence-electron chi connectivity index (χ1n) is 10.0. The molecule has 0 spiro atoms. The van der Waals surface area contributed by atoms with Gasteiger partial charge in [-0.3, -0.25) is 24.1 Å². The highest BCUT2D eigenvalue weighted by Crippen LogP contribution is 2.34. The van der Waals surface area contributed by atoms with E-state index in [-0.39, 0.29) is 23.7 Å². The zero-order valence-corrected chi connectivity index (χ0v) is 16.4. The Morgan fingerprint density at radius 1 is 1.10 bits per heavy atom. The highest BCUT2D eigenvalue weighted by atomic mass is 16.5. The molecule has 1 saturated heterocycles. The van der Waals surface area contributed by atoms with Crippen molar-refractivity contribution in [3.63, 3.8) is 0 Å². The van der Waals surface area contributed by atoms with E-state index in [1.165, 1.54) is 0 Å². The summed E-state index contributed by atoms with van der Waals surface area (Å²) < 4.78 is 4.95. The highest BCUT2D eigenvalue weighted by molar-refractivity contribution is 6.07. The van der Waals surface area contributed by atoms with Crippen molar-refractivity contribution in [3.05, 3.63) is 48.2 Å². The molecule has 8 nitrogen and oxygen atoms in total. The normalized spacial score (nSPS) is 20.5. The number of hydrogen-bond acceptors (Lipinski definition) is 5. The number of carbonyl (C=O) groups excluding carboxylic acids is 4. The van der Waals surface area contributed by atoms with Crippen LogP contribution < -0.4 is 5.32 Å². The molecule has 0 saturated carbocycles. The van der Waals surface area contributed by atoms with Crippen LogP contribution in [-0.4, -0.2) is 53.3 Å². The Labute approximate surface area is 173 Å². The molecule has 2 atom stereocenters. The van der Waals surface area contributed by atoms with Gasteiger partial charge >= 0.3 is 5.97 Å². The summed E-state index contributed by atoms with van der Waals surface area (Å²) in [6.45, 7) is -0.498. The van der Waals surface area contributed by atoms with Gasteiger partial charge in [-0.25, -0.2) is 0 Å². The van der Waals surface area contributed by atoms with E-state index in [9.17, 15) is 19.2 Å². The van der Waals surface area contributed by atoms with E-state index in [1.54, 1.807) is 0 Å². The number of aromatic nitrogens is 1. The number of likely N-dealkylation sites (tertiary alicyclic amines) is 1. The molecule has 8 heteroatoms. The molecule has 0 bridgehead atoms. The molecule has 1 fully saturated rings. The first-order valence-corrected chi connectivity index (χ1v) is 10.0. The maximum atomic E-state index is 12.4. The third-order valence-corrected chi connectivity index (χ3v) is 5.64. The maximum Gasteiger partial charge on any atom is 0.326 e. The largest absolute Gasteiger partial charge is 0.454 e. The molecule has 156 valence electrons. The van der Waals surface area contributed by atoms with Gasteiger partial charge in [0.1, 0.15) is 6.54 Å². The van der Waals surface area contributed by atoms with Crippen LogP contribution in [0.4, 0.5) is 0 Å². The molecule has 3 amide bonds. The minimum absolute atomic E-state index is 0.338. The van der Waals surface area contributed by atoms with E-state index >= 15 is 0 Å². The lowest BCUT2D eigenvalue weighted by Gasteiger charge is -2.14. The smallest absolute Gasteiger partial charge is 0.326 e. The maximum absolute atomic E-state index is 12.4. The number of ether oxygens (including phenoxy) is 1. The predicted molar refractivity (Wildman–Crippen MR) is 108 cm³/mol. The number of nitrogens with zero attached hydrogens (tertiary/aromatic N) is 1. The summed E-state index contributed by atoms with van der Waals surface area (Å²) in [5, 5.41) is 3.81. The quantitative estimate of drug-likeness (QED) is 0.407. The SMILES string of the molecule is O=C(COC(=O)CN1C(=O)[C@H]2CC=CC[C@@H]2C1=O)NCCc1c[nH]c2ccccc12. The fourth-order valence-corrected chi connectivity index (χ4v) is 4.07. The van der Waals surface area contributed by atoms with Crippen molar-refractivity contribution in [1.29, 1.82) is 0 Å². The molecule has 2 aromatic rings. The number of H-pyrrole nitrogens is 1. The average molecular weight is 409 g/mol. The molecule has 30 heavy (non-hydrogen) atoms. The molecule has 1 aromatic carbocycles. The van der Waals surface area contributed by atoms with Crippen LogP contribution in [0.1, 0.15) is 18.4 Å². The van der Waals surface area contributed by atoms with Gasteiger partial charge in [-0.1, -0.05) is 30.4 Å². The third kappa shape index (κ3) is 3.98. The second kappa shape index (κ2) is 8.52. The predicted octanol–water partition coefficient (Wildman–Crippen LogP) is 1.32. The summed E-state index contributed by atoms with van der Waals surface area (Å²) in [5.41, 5.74) is 2.12. The van der Waals surface area contributed by atoms with Crippen molar-refractivity contribution in [2.24, 2.45) is 11.8 Å². The molecule has 1 aliphatic heterocycles. The van der Waals surface area contributed by atoms with Crippen LogP contribution in [0.5, 0.6) is 0 Å². The second-order valence-corrected chi connectivity index (χ2v) is 7.54. The molecular weight excluding hydrogens is 386 g/mol. The Balaban J connectivity index is 1.20. The number of rotatable bonds is 7. The molecule has 1 aliphatic carbocycles. The number of benzene rings is 1. The van der Waals surface area contributed by atoms with Crippen LogP contribution in [0, 0.1) is 11.8 Å². The molecule has 2 N–H and O–H groups in total. The van der Waals surface area contributed by atoms with Gasteiger partial charge in [0.25, 0.3) is 5.91 Å². The zero-order valence-electron chi connectivity index (χ0n) is 16.4. The van der Waals surface area contributed by atoms with Gasteiger partial charge in [-0.2, -0.15) is 0 Å². The molecule has 2 aliphatic rings. The molecule has 0 unspecified atom stereocenters. The Morgan fingerprint density at radius 2 is 1.80 bits per heavy atom. The average Bonchev–Trinajstić information content (AvgIpc) is 3.27. The van der Waals surface area contributed by atoms with Gasteiger partial charge in [0.05, 0.1) is 11.8 Å². The van der Waals surface area contributed by atoms with E-state index in [0.717, 1.165) is 21.4 Å². The highest BCUT2D eigenvalue weighted by Gasteiger charge is 2.47. The molecule has 2 heterocycles. The van der Waals surface area contributed by atoms with Crippen LogP contribution in [0.2, 0.25) is 0 Å². The van der Waals surface area contributed by atoms with Gasteiger partial charge < -0.3 is 15.0 Å². The zero-order chi connectivity index (χ0) is 21.1. The summed E-state index contributed by atoms with van der Waals surface area (Å²) in [6, 6.07) is 7.90. The van der Waals surface area contributed by atoms with Crippen molar-refractivity contribution < 1.29 is 23.9 Å². The van der Waals surface area contributed by atoms with Gasteiger partial charge in [-0.05, 0) is 30.9 Å². The van der Waals surface area contributed by atoms with Crippen molar-refractivity contribution >= 4 is 34.6 Å². The summed E-state index contributed by atoms with van der Waals surface area (Å²) >= 11 is 0. The van der Waals surface area contributed by atoms with Crippen LogP contribution >= 0.6 is 0 Å². The van der Waals surface area contributed by atoms with Gasteiger partial charge in [0.2, 0.25) is 11.8 Å². The molecule has 1 aromatic heterocycles. The fourth-order valence-electron chi connectivity index (χ4n) is 4.07. The summed E-state index contributed by atoms with van der Waals surface area (Å²) in [5.74, 6) is -2.65. The van der Waals surface area contributed by atoms with Crippen LogP contribution in [-0.2, 0) is 30.3 Å². The number of aromatic amines is 1. The van der Waals surface area contributed by atoms with E-state index in [4.69, 9.17) is 4.74 Å². The van der Waals surface area contributed by atoms with E-state index in [0.29, 0.717) is 25.8 Å². The standard InChI is InChI=1S/C22H23N3O5/c26-19(23-10-9-14-11-24-18-8-4-3-5-15(14)18)13-30-20(27)12-25-21(28)16-6-1-2-7-17(16)22(25)29/h1-5,8,11,16-17,24H,6-7,9-10,12-13H2,(H,23,26)/t16-,17-/m0/s1. The monoisotopic (exact) mass is 409 g/mol. The number of imide groups is 1. The Kier molecular flexibility index (Phi) is 5.65. The van der Waals surface area contributed by atoms with E-state index < -0.39 is 25.0 Å². The van der Waals surface area contributed by atoms with Gasteiger partial charge in [-0.15, -0.1) is 0 Å². The topological polar surface area (TPSA) is 109 Å². The number of para-hydroxylation sites is 1. The lowest BCUT2D eigenvalue weighted by Crippen LogP contribution is -2.38. The lowest BCUT2D eigenvalue weighted by atomic mass is 9.85. The number of esters is 1. The van der Waals surface area contributed by atoms with Crippen LogP contribution in [0.25, 0.3) is 10.9 Å². The Morgan fingerprint density at radius 3 is 2.53 bits per heavy atom. The number of carbonyl (C=O) groups is 4. The van der Waals surface area contributed by atoms with Crippen molar-refractivity contribution in [2.45, 2.75) is 19.3 Å². The summed E-state index contributed by atoms with van der Waals surface area (Å²) in [7, 11) is 0. The number of hydrogen-bond donors (Lipinski definition) is 2. The number of amides is 3. The molecule has 0 radical (unpaired) electrons. The lowest BCUT2D eigenvalue weighted by molar-refractivity contribution is -0.154. The van der Waals surface area contributed by atoms with Gasteiger partial charge in [0, 0.05) is 23.6 Å². The Hall–Kier alpha value is -3.42. The number of nitrogens with one attached hydrogen (secondary N) is 2. The van der Waals surface area contributed by atoms with Crippen LogP contribution in [0.15, 0.2) is 42.6 Å². The van der Waals surface area contributed by atoms with Gasteiger partial charge in [0.15, 0.2) is 6.61 Å². The summed E-state index contributed by atoms with van der Waals surface area (Å²) in [4.78, 5) is 52.8. The van der Waals surface area contributed by atoms with Crippen LogP contribution in [0.3, 0.4) is 0 Å². The Bertz CT molecular complexity index is 999. The fraction of sp³-hybridized carbons (Fsp3) is 0.364. The third-order valence-electron chi connectivity index (χ3n) is 5.64. The summed E-state index contributed by atoms with van der Waals surface area (Å²) in [6.07, 6.45) is 7.34. The molecular formula is C22H23N3O5. The number of allylic oxidation sites excluding steroid dienone is 2. The first-order chi connectivity index (χ1) is 14.5. The minimum atomic E-state index is -0.768. The minimum Gasteiger partial charge on any atom is -0.454 e. The van der Waals surface area contributed by atoms with Crippen molar-refractivity contribution in [2.75, 3.05) is 19.7 Å². The first kappa shape index (κ1) is 19.9.